The van der Waals surface area contributed by atoms with Crippen LogP contribution < -0.4 is 5.32 Å². The Morgan fingerprint density at radius 2 is 2.17 bits per heavy atom. The SMILES string of the molecule is CCOC(=O)c1sc(NC(=O)[C@H]2C[C@@H]3CC[C@@H]2C3)c(C#N)c1C. The number of nitriles is 1. The lowest BCUT2D eigenvalue weighted by Crippen LogP contribution is -2.27. The Balaban J connectivity index is 1.80. The van der Waals surface area contributed by atoms with E-state index in [-0.39, 0.29) is 18.4 Å². The van der Waals surface area contributed by atoms with Crippen molar-refractivity contribution in [1.82, 2.24) is 0 Å². The van der Waals surface area contributed by atoms with Gasteiger partial charge >= 0.3 is 5.97 Å². The summed E-state index contributed by atoms with van der Waals surface area (Å²) in [7, 11) is 0. The Kier molecular flexibility index (Phi) is 4.40. The number of carbonyl (C=O) groups excluding carboxylic acids is 2. The van der Waals surface area contributed by atoms with E-state index in [1.807, 2.05) is 0 Å². The molecule has 6 heteroatoms. The van der Waals surface area contributed by atoms with Gasteiger partial charge in [-0.15, -0.1) is 11.3 Å². The molecule has 1 heterocycles. The molecular weight excluding hydrogens is 312 g/mol. The van der Waals surface area contributed by atoms with Crippen molar-refractivity contribution in [3.05, 3.63) is 16.0 Å². The fourth-order valence-corrected chi connectivity index (χ4v) is 4.95. The quantitative estimate of drug-likeness (QED) is 0.856. The van der Waals surface area contributed by atoms with Crippen molar-refractivity contribution in [1.29, 1.82) is 5.26 Å². The monoisotopic (exact) mass is 332 g/mol. The van der Waals surface area contributed by atoms with Gasteiger partial charge in [-0.1, -0.05) is 6.42 Å². The third-order valence-corrected chi connectivity index (χ3v) is 6.22. The van der Waals surface area contributed by atoms with Gasteiger partial charge < -0.3 is 10.1 Å². The second-order valence-corrected chi connectivity index (χ2v) is 7.38. The zero-order valence-electron chi connectivity index (χ0n) is 13.3. The van der Waals surface area contributed by atoms with Crippen LogP contribution in [0.4, 0.5) is 5.00 Å². The lowest BCUT2D eigenvalue weighted by Gasteiger charge is -2.20. The molecule has 23 heavy (non-hydrogen) atoms. The second kappa shape index (κ2) is 6.32. The molecule has 2 bridgehead atoms. The average molecular weight is 332 g/mol. The maximum atomic E-state index is 12.6. The van der Waals surface area contributed by atoms with Crippen LogP contribution in [0.3, 0.4) is 0 Å². The molecule has 3 atom stereocenters. The number of nitrogens with one attached hydrogen (secondary N) is 1. The number of hydrogen-bond donors (Lipinski definition) is 1. The molecule has 0 spiro atoms. The molecule has 122 valence electrons. The van der Waals surface area contributed by atoms with E-state index in [1.54, 1.807) is 13.8 Å². The van der Waals surface area contributed by atoms with Gasteiger partial charge in [0.05, 0.1) is 12.2 Å². The van der Waals surface area contributed by atoms with Gasteiger partial charge in [-0.05, 0) is 50.5 Å². The van der Waals surface area contributed by atoms with Gasteiger partial charge in [0.25, 0.3) is 0 Å². The maximum absolute atomic E-state index is 12.6. The maximum Gasteiger partial charge on any atom is 0.348 e. The number of esters is 1. The molecule has 0 aliphatic heterocycles. The number of thiophene rings is 1. The highest BCUT2D eigenvalue weighted by Crippen LogP contribution is 2.48. The van der Waals surface area contributed by atoms with Crippen LogP contribution in [0.15, 0.2) is 0 Å². The molecule has 2 aliphatic carbocycles. The fraction of sp³-hybridized carbons (Fsp3) is 0.588. The van der Waals surface area contributed by atoms with E-state index in [2.05, 4.69) is 11.4 Å². The van der Waals surface area contributed by atoms with Crippen LogP contribution in [-0.4, -0.2) is 18.5 Å². The van der Waals surface area contributed by atoms with Gasteiger partial charge in [0.2, 0.25) is 5.91 Å². The molecule has 0 aromatic carbocycles. The van der Waals surface area contributed by atoms with Crippen molar-refractivity contribution >= 4 is 28.2 Å². The smallest absolute Gasteiger partial charge is 0.348 e. The van der Waals surface area contributed by atoms with Crippen LogP contribution in [0, 0.1) is 36.0 Å². The third-order valence-electron chi connectivity index (χ3n) is 5.03. The van der Waals surface area contributed by atoms with Crippen molar-refractivity contribution in [2.24, 2.45) is 17.8 Å². The van der Waals surface area contributed by atoms with Crippen molar-refractivity contribution in [2.75, 3.05) is 11.9 Å². The first kappa shape index (κ1) is 16.0. The molecule has 1 N–H and O–H groups in total. The van der Waals surface area contributed by atoms with E-state index in [0.29, 0.717) is 32.8 Å². The van der Waals surface area contributed by atoms with E-state index in [0.717, 1.165) is 30.6 Å². The van der Waals surface area contributed by atoms with Crippen LogP contribution in [0.25, 0.3) is 0 Å². The first-order valence-corrected chi connectivity index (χ1v) is 8.88. The van der Waals surface area contributed by atoms with Gasteiger partial charge in [-0.3, -0.25) is 4.79 Å². The van der Waals surface area contributed by atoms with Crippen LogP contribution in [-0.2, 0) is 9.53 Å². The Morgan fingerprint density at radius 1 is 1.39 bits per heavy atom. The molecule has 0 unspecified atom stereocenters. The normalized spacial score (nSPS) is 25.2. The number of rotatable bonds is 4. The molecular formula is C17H20N2O3S. The summed E-state index contributed by atoms with van der Waals surface area (Å²) in [5.74, 6) is 0.772. The lowest BCUT2D eigenvalue weighted by molar-refractivity contribution is -0.121. The number of nitrogens with zero attached hydrogens (tertiary/aromatic N) is 1. The van der Waals surface area contributed by atoms with E-state index in [1.165, 1.54) is 6.42 Å². The zero-order chi connectivity index (χ0) is 16.6. The molecule has 1 aromatic heterocycles. The van der Waals surface area contributed by atoms with Crippen molar-refractivity contribution < 1.29 is 14.3 Å². The summed E-state index contributed by atoms with van der Waals surface area (Å²) >= 11 is 1.14. The Bertz CT molecular complexity index is 689. The highest BCUT2D eigenvalue weighted by Gasteiger charge is 2.43. The minimum Gasteiger partial charge on any atom is -0.462 e. The molecule has 0 saturated heterocycles. The summed E-state index contributed by atoms with van der Waals surface area (Å²) in [6.07, 6.45) is 4.47. The van der Waals surface area contributed by atoms with E-state index in [9.17, 15) is 14.9 Å². The largest absolute Gasteiger partial charge is 0.462 e. The predicted octanol–water partition coefficient (Wildman–Crippen LogP) is 3.48. The van der Waals surface area contributed by atoms with Crippen LogP contribution >= 0.6 is 11.3 Å². The molecule has 2 fully saturated rings. The van der Waals surface area contributed by atoms with Crippen molar-refractivity contribution in [3.8, 4) is 6.07 Å². The minimum atomic E-state index is -0.438. The van der Waals surface area contributed by atoms with E-state index < -0.39 is 5.97 Å². The Hall–Kier alpha value is -1.87. The first-order valence-electron chi connectivity index (χ1n) is 8.06. The molecule has 1 aromatic rings. The average Bonchev–Trinajstić information content (AvgIpc) is 3.22. The Morgan fingerprint density at radius 3 is 2.74 bits per heavy atom. The summed E-state index contributed by atoms with van der Waals surface area (Å²) < 4.78 is 5.02. The van der Waals surface area contributed by atoms with Gasteiger partial charge in [-0.25, -0.2) is 4.79 Å². The summed E-state index contributed by atoms with van der Waals surface area (Å²) in [5, 5.41) is 12.7. The topological polar surface area (TPSA) is 79.2 Å². The highest BCUT2D eigenvalue weighted by atomic mass is 32.1. The number of fused-ring (bicyclic) bond motifs is 2. The van der Waals surface area contributed by atoms with Crippen molar-refractivity contribution in [3.63, 3.8) is 0 Å². The number of ether oxygens (including phenoxy) is 1. The standard InChI is InChI=1S/C17H20N2O3S/c1-3-22-17(21)14-9(2)13(8-18)16(23-14)19-15(20)12-7-10-4-5-11(12)6-10/h10-12H,3-7H2,1-2H3,(H,19,20)/t10-,11-,12+/m1/s1. The number of hydrogen-bond acceptors (Lipinski definition) is 5. The summed E-state index contributed by atoms with van der Waals surface area (Å²) in [4.78, 5) is 24.9. The summed E-state index contributed by atoms with van der Waals surface area (Å²) in [6, 6.07) is 2.10. The van der Waals surface area contributed by atoms with Crippen LogP contribution in [0.5, 0.6) is 0 Å². The number of anilines is 1. The van der Waals surface area contributed by atoms with Crippen molar-refractivity contribution in [2.45, 2.75) is 39.5 Å². The van der Waals surface area contributed by atoms with E-state index in [4.69, 9.17) is 4.74 Å². The minimum absolute atomic E-state index is 0.00893. The van der Waals surface area contributed by atoms with Crippen LogP contribution in [0.2, 0.25) is 0 Å². The second-order valence-electron chi connectivity index (χ2n) is 6.36. The molecule has 1 amide bonds. The first-order chi connectivity index (χ1) is 11.0. The summed E-state index contributed by atoms with van der Waals surface area (Å²) in [6.45, 7) is 3.74. The van der Waals surface area contributed by atoms with Gasteiger partial charge in [0, 0.05) is 5.92 Å². The predicted molar refractivity (Wildman–Crippen MR) is 87.3 cm³/mol. The zero-order valence-corrected chi connectivity index (χ0v) is 14.2. The Labute approximate surface area is 139 Å². The third kappa shape index (κ3) is 2.86. The van der Waals surface area contributed by atoms with Gasteiger partial charge in [-0.2, -0.15) is 5.26 Å². The lowest BCUT2D eigenvalue weighted by atomic mass is 9.88. The number of amides is 1. The van der Waals surface area contributed by atoms with Gasteiger partial charge in [0.1, 0.15) is 15.9 Å². The molecule has 3 rings (SSSR count). The van der Waals surface area contributed by atoms with Crippen LogP contribution in [0.1, 0.15) is 53.4 Å². The highest BCUT2D eigenvalue weighted by molar-refractivity contribution is 7.18. The summed E-state index contributed by atoms with van der Waals surface area (Å²) in [5.41, 5.74) is 0.953. The molecule has 2 saturated carbocycles. The molecule has 0 radical (unpaired) electrons. The van der Waals surface area contributed by atoms with Gasteiger partial charge in [0.15, 0.2) is 0 Å². The molecule has 5 nitrogen and oxygen atoms in total. The molecule has 2 aliphatic rings. The number of carbonyl (C=O) groups is 2. The fourth-order valence-electron chi connectivity index (χ4n) is 3.90. The van der Waals surface area contributed by atoms with E-state index >= 15 is 0 Å².